The van der Waals surface area contributed by atoms with E-state index in [-0.39, 0.29) is 18.7 Å². The minimum absolute atomic E-state index is 0.219. The molecule has 1 atom stereocenters. The molecular formula is C26H26ClF3N2O. The van der Waals surface area contributed by atoms with Crippen molar-refractivity contribution in [3.8, 4) is 0 Å². The number of carbonyl (C=O) groups is 1. The molecule has 0 fully saturated rings. The van der Waals surface area contributed by atoms with Gasteiger partial charge >= 0.3 is 6.18 Å². The molecule has 7 heteroatoms. The van der Waals surface area contributed by atoms with Crippen molar-refractivity contribution >= 4 is 17.5 Å². The van der Waals surface area contributed by atoms with E-state index in [1.165, 1.54) is 12.3 Å². The Bertz CT molecular complexity index is 1070. The molecule has 0 aliphatic carbocycles. The van der Waals surface area contributed by atoms with Crippen LogP contribution in [0.2, 0.25) is 5.02 Å². The first-order valence-electron chi connectivity index (χ1n) is 10.7. The van der Waals surface area contributed by atoms with E-state index in [0.29, 0.717) is 28.6 Å². The van der Waals surface area contributed by atoms with Gasteiger partial charge in [0.1, 0.15) is 5.54 Å². The number of nitrogens with one attached hydrogen (secondary N) is 1. The van der Waals surface area contributed by atoms with Crippen LogP contribution in [-0.4, -0.2) is 10.9 Å². The average molecular weight is 475 g/mol. The Morgan fingerprint density at radius 3 is 2.30 bits per heavy atom. The van der Waals surface area contributed by atoms with Gasteiger partial charge in [-0.15, -0.1) is 0 Å². The molecule has 0 radical (unpaired) electrons. The average Bonchev–Trinajstić information content (AvgIpc) is 2.78. The number of rotatable bonds is 8. The molecule has 0 aliphatic heterocycles. The Kier molecular flexibility index (Phi) is 7.80. The highest BCUT2D eigenvalue weighted by Crippen LogP contribution is 2.37. The zero-order chi connectivity index (χ0) is 24.1. The van der Waals surface area contributed by atoms with Gasteiger partial charge in [-0.05, 0) is 47.7 Å². The molecule has 1 aromatic heterocycles. The van der Waals surface area contributed by atoms with Crippen molar-refractivity contribution in [1.29, 1.82) is 0 Å². The molecule has 0 aliphatic rings. The molecule has 0 saturated carbocycles. The number of hydrogen-bond acceptors (Lipinski definition) is 2. The van der Waals surface area contributed by atoms with Crippen LogP contribution in [0.3, 0.4) is 0 Å². The van der Waals surface area contributed by atoms with Crippen molar-refractivity contribution in [2.75, 3.05) is 0 Å². The fourth-order valence-electron chi connectivity index (χ4n) is 3.73. The lowest BCUT2D eigenvalue weighted by Gasteiger charge is -2.36. The second-order valence-electron chi connectivity index (χ2n) is 8.49. The molecule has 0 spiro atoms. The van der Waals surface area contributed by atoms with E-state index >= 15 is 0 Å². The Hall–Kier alpha value is -2.86. The van der Waals surface area contributed by atoms with E-state index in [1.807, 2.05) is 44.2 Å². The summed E-state index contributed by atoms with van der Waals surface area (Å²) in [6.45, 7) is 4.02. The van der Waals surface area contributed by atoms with Gasteiger partial charge in [0.2, 0.25) is 5.91 Å². The molecule has 1 N–H and O–H groups in total. The molecule has 3 rings (SSSR count). The van der Waals surface area contributed by atoms with Gasteiger partial charge < -0.3 is 5.32 Å². The van der Waals surface area contributed by atoms with Crippen molar-refractivity contribution in [2.24, 2.45) is 5.92 Å². The molecule has 3 nitrogen and oxygen atoms in total. The van der Waals surface area contributed by atoms with Gasteiger partial charge in [-0.1, -0.05) is 67.9 Å². The fraction of sp³-hybridized carbons (Fsp3) is 0.308. The lowest BCUT2D eigenvalue weighted by molar-refractivity contribution is -0.137. The predicted octanol–water partition coefficient (Wildman–Crippen LogP) is 6.79. The minimum atomic E-state index is -4.52. The number of halogens is 4. The maximum absolute atomic E-state index is 13.6. The lowest BCUT2D eigenvalue weighted by Crippen LogP contribution is -2.49. The van der Waals surface area contributed by atoms with E-state index in [2.05, 4.69) is 10.3 Å². The van der Waals surface area contributed by atoms with E-state index < -0.39 is 17.3 Å². The van der Waals surface area contributed by atoms with Crippen LogP contribution in [0.15, 0.2) is 72.9 Å². The zero-order valence-electron chi connectivity index (χ0n) is 18.5. The first-order valence-corrected chi connectivity index (χ1v) is 11.1. The van der Waals surface area contributed by atoms with E-state index in [0.717, 1.165) is 17.7 Å². The van der Waals surface area contributed by atoms with Crippen molar-refractivity contribution < 1.29 is 18.0 Å². The number of benzene rings is 2. The van der Waals surface area contributed by atoms with Crippen LogP contribution in [0.4, 0.5) is 13.2 Å². The second kappa shape index (κ2) is 10.4. The van der Waals surface area contributed by atoms with Crippen molar-refractivity contribution in [1.82, 2.24) is 10.3 Å². The Balaban J connectivity index is 2.20. The van der Waals surface area contributed by atoms with E-state index in [1.54, 1.807) is 18.2 Å². The van der Waals surface area contributed by atoms with Crippen molar-refractivity contribution in [3.05, 3.63) is 100 Å². The zero-order valence-corrected chi connectivity index (χ0v) is 19.3. The smallest absolute Gasteiger partial charge is 0.341 e. The van der Waals surface area contributed by atoms with Gasteiger partial charge in [0.15, 0.2) is 0 Å². The summed E-state index contributed by atoms with van der Waals surface area (Å²) in [5, 5.41) is 3.44. The highest BCUT2D eigenvalue weighted by Gasteiger charge is 2.40. The summed E-state index contributed by atoms with van der Waals surface area (Å²) in [5.74, 6) is 0.0512. The van der Waals surface area contributed by atoms with Crippen LogP contribution in [0, 0.1) is 5.92 Å². The number of nitrogens with zero attached hydrogens (tertiary/aromatic N) is 1. The number of hydrogen-bond donors (Lipinski definition) is 1. The SMILES string of the molecule is CC(C)CCC(=O)NC(Cc1ccccc1)(c1cccc(C(F)(F)F)c1)c1ccc(Cl)cn1. The minimum Gasteiger partial charge on any atom is -0.341 e. The van der Waals surface area contributed by atoms with Gasteiger partial charge in [0.25, 0.3) is 0 Å². The summed E-state index contributed by atoms with van der Waals surface area (Å²) in [4.78, 5) is 17.5. The third-order valence-corrected chi connectivity index (χ3v) is 5.68. The first-order chi connectivity index (χ1) is 15.6. The number of pyridine rings is 1. The summed E-state index contributed by atoms with van der Waals surface area (Å²) in [7, 11) is 0. The molecule has 0 saturated heterocycles. The van der Waals surface area contributed by atoms with Crippen LogP contribution in [0.1, 0.15) is 49.1 Å². The summed E-state index contributed by atoms with van der Waals surface area (Å²) >= 11 is 6.04. The van der Waals surface area contributed by atoms with Gasteiger partial charge in [-0.25, -0.2) is 0 Å². The van der Waals surface area contributed by atoms with E-state index in [4.69, 9.17) is 11.6 Å². The Morgan fingerprint density at radius 1 is 1.00 bits per heavy atom. The summed E-state index contributed by atoms with van der Waals surface area (Å²) in [6, 6.07) is 17.6. The van der Waals surface area contributed by atoms with E-state index in [9.17, 15) is 18.0 Å². The van der Waals surface area contributed by atoms with Crippen molar-refractivity contribution in [3.63, 3.8) is 0 Å². The van der Waals surface area contributed by atoms with Crippen LogP contribution < -0.4 is 5.32 Å². The van der Waals surface area contributed by atoms with Gasteiger partial charge in [-0.2, -0.15) is 13.2 Å². The quantitative estimate of drug-likeness (QED) is 0.390. The molecule has 174 valence electrons. The molecule has 1 heterocycles. The summed E-state index contributed by atoms with van der Waals surface area (Å²) in [6.07, 6.45) is -1.96. The topological polar surface area (TPSA) is 42.0 Å². The molecule has 0 bridgehead atoms. The third kappa shape index (κ3) is 6.35. The summed E-state index contributed by atoms with van der Waals surface area (Å²) in [5.41, 5.74) is -0.554. The Morgan fingerprint density at radius 2 is 1.70 bits per heavy atom. The van der Waals surface area contributed by atoms with Gasteiger partial charge in [0, 0.05) is 19.0 Å². The molecular weight excluding hydrogens is 449 g/mol. The molecule has 3 aromatic rings. The standard InChI is InChI=1S/C26H26ClF3N2O/c1-18(2)11-14-24(33)32-25(16-19-7-4-3-5-8-19,23-13-12-22(27)17-31-23)20-9-6-10-21(15-20)26(28,29)30/h3-10,12-13,15,17-18H,11,14,16H2,1-2H3,(H,32,33). The van der Waals surface area contributed by atoms with Gasteiger partial charge in [-0.3, -0.25) is 9.78 Å². The van der Waals surface area contributed by atoms with Crippen LogP contribution in [0.5, 0.6) is 0 Å². The highest BCUT2D eigenvalue weighted by atomic mass is 35.5. The monoisotopic (exact) mass is 474 g/mol. The second-order valence-corrected chi connectivity index (χ2v) is 8.93. The van der Waals surface area contributed by atoms with Crippen LogP contribution in [0.25, 0.3) is 0 Å². The Labute approximate surface area is 197 Å². The van der Waals surface area contributed by atoms with Gasteiger partial charge in [0.05, 0.1) is 16.3 Å². The largest absolute Gasteiger partial charge is 0.416 e. The normalized spacial score (nSPS) is 13.5. The molecule has 1 unspecified atom stereocenters. The van der Waals surface area contributed by atoms with Crippen molar-refractivity contribution in [2.45, 2.75) is 44.8 Å². The van der Waals surface area contributed by atoms with Crippen LogP contribution in [-0.2, 0) is 22.9 Å². The lowest BCUT2D eigenvalue weighted by atomic mass is 9.79. The molecule has 33 heavy (non-hydrogen) atoms. The first kappa shape index (κ1) is 24.8. The third-order valence-electron chi connectivity index (χ3n) is 5.46. The number of alkyl halides is 3. The highest BCUT2D eigenvalue weighted by molar-refractivity contribution is 6.30. The number of aromatic nitrogens is 1. The fourth-order valence-corrected chi connectivity index (χ4v) is 3.84. The predicted molar refractivity (Wildman–Crippen MR) is 124 cm³/mol. The maximum atomic E-state index is 13.6. The maximum Gasteiger partial charge on any atom is 0.416 e. The van der Waals surface area contributed by atoms with Crippen LogP contribution >= 0.6 is 11.6 Å². The number of carbonyl (C=O) groups excluding carboxylic acids is 1. The molecule has 1 amide bonds. The summed E-state index contributed by atoms with van der Waals surface area (Å²) < 4.78 is 40.8. The number of amides is 1. The molecule has 2 aromatic carbocycles.